The summed E-state index contributed by atoms with van der Waals surface area (Å²) >= 11 is 0. The minimum Gasteiger partial charge on any atom is -0.422 e. The van der Waals surface area contributed by atoms with Gasteiger partial charge in [-0.2, -0.15) is 0 Å². The molecule has 0 aromatic heterocycles. The molecule has 3 aliphatic heterocycles. The third kappa shape index (κ3) is 0.913. The summed E-state index contributed by atoms with van der Waals surface area (Å²) in [6.45, 7) is 5.50. The zero-order valence-corrected chi connectivity index (χ0v) is 7.92. The van der Waals surface area contributed by atoms with Crippen LogP contribution < -0.4 is 0 Å². The van der Waals surface area contributed by atoms with Crippen LogP contribution in [0.1, 0.15) is 27.2 Å². The van der Waals surface area contributed by atoms with Gasteiger partial charge >= 0.3 is 11.9 Å². The zero-order valence-electron chi connectivity index (χ0n) is 7.92. The molecule has 13 heavy (non-hydrogen) atoms. The highest BCUT2D eigenvalue weighted by Gasteiger charge is 2.61. The first-order chi connectivity index (χ1) is 5.86. The Labute approximate surface area is 76.2 Å². The zero-order chi connectivity index (χ0) is 9.85. The van der Waals surface area contributed by atoms with Crippen molar-refractivity contribution in [3.05, 3.63) is 0 Å². The second kappa shape index (κ2) is 2.05. The molecular formula is C9H12O4. The Morgan fingerprint density at radius 1 is 1.15 bits per heavy atom. The quantitative estimate of drug-likeness (QED) is 0.413. The Morgan fingerprint density at radius 3 is 2.00 bits per heavy atom. The fourth-order valence-corrected chi connectivity index (χ4v) is 1.78. The Bertz CT molecular complexity index is 274. The number of hydrogen-bond donors (Lipinski definition) is 0. The molecule has 0 aromatic rings. The summed E-state index contributed by atoms with van der Waals surface area (Å²) in [4.78, 5) is 22.5. The summed E-state index contributed by atoms with van der Waals surface area (Å²) in [6, 6.07) is 0. The van der Waals surface area contributed by atoms with Gasteiger partial charge in [-0.3, -0.25) is 9.59 Å². The number of ether oxygens (including phenoxy) is 2. The molecular weight excluding hydrogens is 172 g/mol. The van der Waals surface area contributed by atoms with Crippen LogP contribution in [0.2, 0.25) is 0 Å². The molecule has 0 atom stereocenters. The lowest BCUT2D eigenvalue weighted by molar-refractivity contribution is -0.305. The smallest absolute Gasteiger partial charge is 0.323 e. The SMILES string of the molecule is CC1(C)CC2C(=O)OC1(C)OC2=O. The third-order valence-corrected chi connectivity index (χ3v) is 3.10. The van der Waals surface area contributed by atoms with E-state index in [4.69, 9.17) is 9.47 Å². The number of rotatable bonds is 0. The van der Waals surface area contributed by atoms with Crippen molar-refractivity contribution in [3.63, 3.8) is 0 Å². The summed E-state index contributed by atoms with van der Waals surface area (Å²) in [5.74, 6) is -2.68. The Morgan fingerprint density at radius 2 is 1.62 bits per heavy atom. The van der Waals surface area contributed by atoms with Gasteiger partial charge < -0.3 is 9.47 Å². The first kappa shape index (κ1) is 8.53. The van der Waals surface area contributed by atoms with E-state index in [0.29, 0.717) is 6.42 Å². The van der Waals surface area contributed by atoms with Crippen molar-refractivity contribution < 1.29 is 19.1 Å². The standard InChI is InChI=1S/C9H12O4/c1-8(2)4-5-6(10)12-9(8,3)13-7(5)11/h5H,4H2,1-3H3. The predicted octanol–water partition coefficient (Wildman–Crippen LogP) is 0.849. The largest absolute Gasteiger partial charge is 0.422 e. The molecule has 0 aromatic carbocycles. The van der Waals surface area contributed by atoms with Crippen molar-refractivity contribution in [1.82, 2.24) is 0 Å². The molecule has 72 valence electrons. The molecule has 3 saturated heterocycles. The highest BCUT2D eigenvalue weighted by molar-refractivity contribution is 5.97. The van der Waals surface area contributed by atoms with Crippen molar-refractivity contribution in [1.29, 1.82) is 0 Å². The van der Waals surface area contributed by atoms with Crippen LogP contribution in [-0.4, -0.2) is 17.7 Å². The van der Waals surface area contributed by atoms with Crippen molar-refractivity contribution in [2.24, 2.45) is 11.3 Å². The van der Waals surface area contributed by atoms with Gasteiger partial charge in [-0.15, -0.1) is 0 Å². The van der Waals surface area contributed by atoms with Crippen molar-refractivity contribution in [2.75, 3.05) is 0 Å². The molecule has 3 rings (SSSR count). The van der Waals surface area contributed by atoms with Crippen molar-refractivity contribution in [3.8, 4) is 0 Å². The predicted molar refractivity (Wildman–Crippen MR) is 42.5 cm³/mol. The maximum Gasteiger partial charge on any atom is 0.323 e. The van der Waals surface area contributed by atoms with Gasteiger partial charge in [-0.05, 0) is 6.42 Å². The first-order valence-electron chi connectivity index (χ1n) is 4.31. The summed E-state index contributed by atoms with van der Waals surface area (Å²) in [7, 11) is 0. The lowest BCUT2D eigenvalue weighted by Gasteiger charge is -2.51. The molecule has 0 aliphatic carbocycles. The van der Waals surface area contributed by atoms with E-state index in [2.05, 4.69) is 0 Å². The van der Waals surface area contributed by atoms with E-state index < -0.39 is 23.6 Å². The highest BCUT2D eigenvalue weighted by atomic mass is 16.7. The van der Waals surface area contributed by atoms with E-state index >= 15 is 0 Å². The Balaban J connectivity index is 2.43. The molecule has 0 saturated carbocycles. The molecule has 3 fully saturated rings. The number of fused-ring (bicyclic) bond motifs is 3. The third-order valence-electron chi connectivity index (χ3n) is 3.10. The van der Waals surface area contributed by atoms with E-state index in [-0.39, 0.29) is 5.41 Å². The molecule has 0 unspecified atom stereocenters. The normalized spacial score (nSPS) is 41.3. The van der Waals surface area contributed by atoms with E-state index in [1.807, 2.05) is 13.8 Å². The maximum absolute atomic E-state index is 11.2. The minimum absolute atomic E-state index is 0.292. The number of carbonyl (C=O) groups is 2. The molecule has 3 aliphatic rings. The van der Waals surface area contributed by atoms with Gasteiger partial charge in [0.1, 0.15) is 0 Å². The monoisotopic (exact) mass is 184 g/mol. The molecule has 0 amide bonds. The maximum atomic E-state index is 11.2. The molecule has 0 radical (unpaired) electrons. The van der Waals surface area contributed by atoms with Crippen LogP contribution in [-0.2, 0) is 19.1 Å². The molecule has 4 heteroatoms. The molecule has 3 heterocycles. The van der Waals surface area contributed by atoms with Gasteiger partial charge in [0.15, 0.2) is 5.92 Å². The fourth-order valence-electron chi connectivity index (χ4n) is 1.78. The molecule has 2 bridgehead atoms. The van der Waals surface area contributed by atoms with Crippen molar-refractivity contribution >= 4 is 11.9 Å². The van der Waals surface area contributed by atoms with Crippen molar-refractivity contribution in [2.45, 2.75) is 33.0 Å². The second-order valence-electron chi connectivity index (χ2n) is 4.43. The van der Waals surface area contributed by atoms with E-state index in [9.17, 15) is 9.59 Å². The molecule has 0 spiro atoms. The first-order valence-corrected chi connectivity index (χ1v) is 4.31. The van der Waals surface area contributed by atoms with Gasteiger partial charge in [-0.25, -0.2) is 0 Å². The lowest BCUT2D eigenvalue weighted by atomic mass is 9.72. The summed E-state index contributed by atoms with van der Waals surface area (Å²) in [6.07, 6.45) is 0.515. The second-order valence-corrected chi connectivity index (χ2v) is 4.43. The summed E-state index contributed by atoms with van der Waals surface area (Å²) in [5.41, 5.74) is -0.292. The Kier molecular flexibility index (Phi) is 1.35. The number of esters is 2. The summed E-state index contributed by atoms with van der Waals surface area (Å²) in [5, 5.41) is 0. The van der Waals surface area contributed by atoms with Crippen LogP contribution in [0.5, 0.6) is 0 Å². The van der Waals surface area contributed by atoms with Gasteiger partial charge in [-0.1, -0.05) is 13.8 Å². The van der Waals surface area contributed by atoms with Crippen LogP contribution in [0.4, 0.5) is 0 Å². The van der Waals surface area contributed by atoms with Crippen LogP contribution in [0, 0.1) is 11.3 Å². The topological polar surface area (TPSA) is 52.6 Å². The number of hydrogen-bond acceptors (Lipinski definition) is 4. The highest BCUT2D eigenvalue weighted by Crippen LogP contribution is 2.49. The molecule has 4 nitrogen and oxygen atoms in total. The lowest BCUT2D eigenvalue weighted by Crippen LogP contribution is -2.62. The van der Waals surface area contributed by atoms with Crippen LogP contribution in [0.15, 0.2) is 0 Å². The average molecular weight is 184 g/mol. The number of carbonyl (C=O) groups excluding carboxylic acids is 2. The van der Waals surface area contributed by atoms with Gasteiger partial charge in [0.05, 0.1) is 0 Å². The van der Waals surface area contributed by atoms with E-state index in [1.54, 1.807) is 6.92 Å². The van der Waals surface area contributed by atoms with Crippen LogP contribution in [0.3, 0.4) is 0 Å². The summed E-state index contributed by atoms with van der Waals surface area (Å²) < 4.78 is 10.2. The van der Waals surface area contributed by atoms with Gasteiger partial charge in [0.2, 0.25) is 0 Å². The van der Waals surface area contributed by atoms with E-state index in [1.165, 1.54) is 0 Å². The van der Waals surface area contributed by atoms with Crippen LogP contribution >= 0.6 is 0 Å². The average Bonchev–Trinajstić information content (AvgIpc) is 1.93. The fraction of sp³-hybridized carbons (Fsp3) is 0.778. The van der Waals surface area contributed by atoms with Gasteiger partial charge in [0, 0.05) is 12.3 Å². The Hall–Kier alpha value is -1.06. The van der Waals surface area contributed by atoms with Crippen LogP contribution in [0.25, 0.3) is 0 Å². The van der Waals surface area contributed by atoms with Gasteiger partial charge in [0.25, 0.3) is 5.79 Å². The van der Waals surface area contributed by atoms with E-state index in [0.717, 1.165) is 0 Å². The molecule has 0 N–H and O–H groups in total. The minimum atomic E-state index is -1.07.